The van der Waals surface area contributed by atoms with Crippen LogP contribution in [0, 0.1) is 13.8 Å². The molecule has 0 radical (unpaired) electrons. The summed E-state index contributed by atoms with van der Waals surface area (Å²) in [4.78, 5) is 32.0. The van der Waals surface area contributed by atoms with E-state index in [1.165, 1.54) is 11.8 Å². The number of hydrogen-bond donors (Lipinski definition) is 1. The molecule has 0 saturated carbocycles. The fourth-order valence-electron chi connectivity index (χ4n) is 4.86. The Morgan fingerprint density at radius 2 is 1.41 bits per heavy atom. The van der Waals surface area contributed by atoms with E-state index in [2.05, 4.69) is 5.43 Å². The van der Waals surface area contributed by atoms with Crippen molar-refractivity contribution >= 4 is 52.8 Å². The molecule has 1 saturated heterocycles. The van der Waals surface area contributed by atoms with Crippen molar-refractivity contribution in [3.05, 3.63) is 124 Å². The lowest BCUT2D eigenvalue weighted by Gasteiger charge is -2.32. The van der Waals surface area contributed by atoms with Gasteiger partial charge in [-0.25, -0.2) is 5.43 Å². The monoisotopic (exact) mass is 549 g/mol. The minimum Gasteiger partial charge on any atom is -0.278 e. The molecule has 194 valence electrons. The van der Waals surface area contributed by atoms with Gasteiger partial charge < -0.3 is 0 Å². The molecule has 2 aliphatic heterocycles. The topological polar surface area (TPSA) is 52.7 Å². The molecule has 5 nitrogen and oxygen atoms in total. The van der Waals surface area contributed by atoms with Crippen LogP contribution in [-0.2, 0) is 9.59 Å². The number of anilines is 2. The summed E-state index contributed by atoms with van der Waals surface area (Å²) in [7, 11) is 0. The number of carbonyl (C=O) groups is 2. The Morgan fingerprint density at radius 1 is 0.821 bits per heavy atom. The lowest BCUT2D eigenvalue weighted by atomic mass is 10.1. The van der Waals surface area contributed by atoms with Crippen molar-refractivity contribution in [3.8, 4) is 0 Å². The molecule has 1 atom stereocenters. The number of nitrogens with zero attached hydrogens (tertiary/aromatic N) is 2. The maximum absolute atomic E-state index is 13.8. The van der Waals surface area contributed by atoms with E-state index in [9.17, 15) is 9.59 Å². The summed E-state index contributed by atoms with van der Waals surface area (Å²) < 4.78 is 0. The van der Waals surface area contributed by atoms with Crippen LogP contribution in [0.1, 0.15) is 27.6 Å². The van der Waals surface area contributed by atoms with Gasteiger partial charge in [0.2, 0.25) is 5.91 Å². The van der Waals surface area contributed by atoms with E-state index in [4.69, 9.17) is 0 Å². The van der Waals surface area contributed by atoms with Gasteiger partial charge in [0.1, 0.15) is 5.37 Å². The first kappa shape index (κ1) is 25.5. The molecule has 1 fully saturated rings. The Kier molecular flexibility index (Phi) is 7.04. The molecule has 7 heteroatoms. The molecule has 2 amide bonds. The molecule has 1 unspecified atom stereocenters. The highest BCUT2D eigenvalue weighted by atomic mass is 32.2. The third-order valence-corrected chi connectivity index (χ3v) is 9.28. The van der Waals surface area contributed by atoms with Gasteiger partial charge in [-0.3, -0.25) is 19.5 Å². The SMILES string of the molecule is Cc1ccccc1/C=C1\SC(c2ccccc2C)N(NCC(=O)N2c3ccccc3Sc3ccccc32)C1=O. The maximum atomic E-state index is 13.8. The van der Waals surface area contributed by atoms with E-state index in [1.54, 1.807) is 21.7 Å². The van der Waals surface area contributed by atoms with Crippen molar-refractivity contribution in [3.63, 3.8) is 0 Å². The zero-order valence-corrected chi connectivity index (χ0v) is 23.3. The number of thioether (sulfide) groups is 1. The van der Waals surface area contributed by atoms with E-state index in [1.807, 2.05) is 117 Å². The highest BCUT2D eigenvalue weighted by Crippen LogP contribution is 2.48. The zero-order chi connectivity index (χ0) is 26.9. The number of fused-ring (bicyclic) bond motifs is 2. The molecular formula is C32H27N3O2S2. The standard InChI is InChI=1S/C32H27N3O2S2/c1-21-11-3-5-13-23(21)19-29-31(37)35(32(39-29)24-14-6-4-12-22(24)2)33-20-30(36)34-25-15-7-9-17-27(25)38-28-18-10-8-16-26(28)34/h3-19,32-33H,20H2,1-2H3/b29-19-. The number of amides is 2. The van der Waals surface area contributed by atoms with Gasteiger partial charge in [-0.1, -0.05) is 96.3 Å². The summed E-state index contributed by atoms with van der Waals surface area (Å²) in [5, 5.41) is 1.32. The second kappa shape index (κ2) is 10.8. The van der Waals surface area contributed by atoms with Gasteiger partial charge in [-0.2, -0.15) is 0 Å². The minimum absolute atomic E-state index is 0.0281. The van der Waals surface area contributed by atoms with Gasteiger partial charge in [-0.15, -0.1) is 0 Å². The lowest BCUT2D eigenvalue weighted by Crippen LogP contribution is -2.46. The highest BCUT2D eigenvalue weighted by Gasteiger charge is 2.39. The Balaban J connectivity index is 1.31. The van der Waals surface area contributed by atoms with Gasteiger partial charge in [-0.05, 0) is 66.4 Å². The second-order valence-corrected chi connectivity index (χ2v) is 11.7. The molecule has 2 aliphatic rings. The van der Waals surface area contributed by atoms with Crippen molar-refractivity contribution in [2.45, 2.75) is 29.0 Å². The van der Waals surface area contributed by atoms with Gasteiger partial charge in [0.25, 0.3) is 5.91 Å². The van der Waals surface area contributed by atoms with Crippen LogP contribution < -0.4 is 10.3 Å². The summed E-state index contributed by atoms with van der Waals surface area (Å²) in [6.07, 6.45) is 1.95. The molecule has 39 heavy (non-hydrogen) atoms. The molecule has 2 heterocycles. The maximum Gasteiger partial charge on any atom is 0.275 e. The van der Waals surface area contributed by atoms with Gasteiger partial charge in [0, 0.05) is 9.79 Å². The van der Waals surface area contributed by atoms with Crippen LogP contribution in [0.4, 0.5) is 11.4 Å². The fraction of sp³-hybridized carbons (Fsp3) is 0.125. The van der Waals surface area contributed by atoms with Crippen LogP contribution in [0.3, 0.4) is 0 Å². The predicted molar refractivity (Wildman–Crippen MR) is 160 cm³/mol. The molecule has 1 N–H and O–H groups in total. The summed E-state index contributed by atoms with van der Waals surface area (Å²) >= 11 is 3.17. The molecule has 0 bridgehead atoms. The van der Waals surface area contributed by atoms with Gasteiger partial charge >= 0.3 is 0 Å². The molecular weight excluding hydrogens is 523 g/mol. The smallest absolute Gasteiger partial charge is 0.275 e. The van der Waals surface area contributed by atoms with Crippen molar-refractivity contribution < 1.29 is 9.59 Å². The molecule has 4 aromatic rings. The molecule has 4 aromatic carbocycles. The molecule has 6 rings (SSSR count). The van der Waals surface area contributed by atoms with Crippen LogP contribution in [0.25, 0.3) is 6.08 Å². The van der Waals surface area contributed by atoms with Gasteiger partial charge in [0.15, 0.2) is 0 Å². The number of nitrogens with one attached hydrogen (secondary N) is 1. The van der Waals surface area contributed by atoms with Crippen LogP contribution in [0.2, 0.25) is 0 Å². The van der Waals surface area contributed by atoms with Crippen molar-refractivity contribution in [1.29, 1.82) is 0 Å². The Bertz CT molecular complexity index is 1570. The largest absolute Gasteiger partial charge is 0.278 e. The van der Waals surface area contributed by atoms with E-state index < -0.39 is 0 Å². The Labute approximate surface area is 236 Å². The van der Waals surface area contributed by atoms with Crippen LogP contribution >= 0.6 is 23.5 Å². The third kappa shape index (κ3) is 4.89. The van der Waals surface area contributed by atoms with Crippen molar-refractivity contribution in [2.75, 3.05) is 11.4 Å². The second-order valence-electron chi connectivity index (χ2n) is 9.47. The first-order valence-electron chi connectivity index (χ1n) is 12.8. The molecule has 0 aliphatic carbocycles. The molecule has 0 aromatic heterocycles. The number of hydrazine groups is 1. The van der Waals surface area contributed by atoms with Crippen molar-refractivity contribution in [2.24, 2.45) is 0 Å². The quantitative estimate of drug-likeness (QED) is 0.266. The number of hydrogen-bond acceptors (Lipinski definition) is 5. The first-order valence-corrected chi connectivity index (χ1v) is 14.5. The van der Waals surface area contributed by atoms with E-state index in [0.717, 1.165) is 43.4 Å². The summed E-state index contributed by atoms with van der Waals surface area (Å²) in [6.45, 7) is 4.06. The van der Waals surface area contributed by atoms with E-state index in [0.29, 0.717) is 4.91 Å². The normalized spacial score (nSPS) is 17.3. The third-order valence-electron chi connectivity index (χ3n) is 6.91. The average molecular weight is 550 g/mol. The van der Waals surface area contributed by atoms with Crippen LogP contribution in [0.5, 0.6) is 0 Å². The highest BCUT2D eigenvalue weighted by molar-refractivity contribution is 8.04. The molecule has 0 spiro atoms. The summed E-state index contributed by atoms with van der Waals surface area (Å²) in [5.41, 5.74) is 9.17. The predicted octanol–water partition coefficient (Wildman–Crippen LogP) is 7.25. The van der Waals surface area contributed by atoms with E-state index >= 15 is 0 Å². The number of aryl methyl sites for hydroxylation is 2. The lowest BCUT2D eigenvalue weighted by molar-refractivity contribution is -0.130. The number of carbonyl (C=O) groups excluding carboxylic acids is 2. The van der Waals surface area contributed by atoms with Crippen molar-refractivity contribution in [1.82, 2.24) is 10.4 Å². The number of benzene rings is 4. The number of rotatable bonds is 5. The Hall–Kier alpha value is -3.78. The van der Waals surface area contributed by atoms with E-state index in [-0.39, 0.29) is 23.7 Å². The van der Waals surface area contributed by atoms with Crippen LogP contribution in [-0.4, -0.2) is 23.4 Å². The van der Waals surface area contributed by atoms with Crippen LogP contribution in [0.15, 0.2) is 112 Å². The van der Waals surface area contributed by atoms with Gasteiger partial charge in [0.05, 0.1) is 22.8 Å². The minimum atomic E-state index is -0.293. The summed E-state index contributed by atoms with van der Waals surface area (Å²) in [5.74, 6) is -0.271. The number of para-hydroxylation sites is 2. The Morgan fingerprint density at radius 3 is 2.08 bits per heavy atom. The fourth-order valence-corrected chi connectivity index (χ4v) is 7.22. The first-order chi connectivity index (χ1) is 19.0. The summed E-state index contributed by atoms with van der Waals surface area (Å²) in [6, 6.07) is 31.9. The zero-order valence-electron chi connectivity index (χ0n) is 21.6. The average Bonchev–Trinajstić information content (AvgIpc) is 3.26.